The second kappa shape index (κ2) is 16.5. The maximum absolute atomic E-state index is 15.1. The Labute approximate surface area is 317 Å². The molecule has 1 unspecified atom stereocenters. The Bertz CT molecular complexity index is 1810. The molecule has 3 fully saturated rings. The molecule has 3 aliphatic rings. The normalized spacial score (nSPS) is 25.2. The zero-order chi connectivity index (χ0) is 37.7. The monoisotopic (exact) mass is 785 g/mol. The van der Waals surface area contributed by atoms with E-state index in [1.165, 1.54) is 9.80 Å². The number of nitrogens with zero attached hydrogens (tertiary/aromatic N) is 2. The van der Waals surface area contributed by atoms with E-state index in [0.717, 1.165) is 0 Å². The first-order chi connectivity index (χ1) is 25.7. The number of allylic oxidation sites excluding steroid dienone is 1. The third kappa shape index (κ3) is 7.27. The minimum absolute atomic E-state index is 0.0116. The molecule has 3 aromatic carbocycles. The number of hydrogen-bond donors (Lipinski definition) is 2. The summed E-state index contributed by atoms with van der Waals surface area (Å²) in [5.41, 5.74) is 0.391. The van der Waals surface area contributed by atoms with E-state index in [1.807, 2.05) is 24.3 Å². The van der Waals surface area contributed by atoms with E-state index < -0.39 is 70.9 Å². The van der Waals surface area contributed by atoms with Crippen LogP contribution in [0.25, 0.3) is 0 Å². The molecule has 1 spiro atoms. The summed E-state index contributed by atoms with van der Waals surface area (Å²) in [4.78, 5) is 59.7. The molecule has 0 saturated carbocycles. The summed E-state index contributed by atoms with van der Waals surface area (Å²) in [7, 11) is 1.55. The van der Waals surface area contributed by atoms with Crippen molar-refractivity contribution in [1.82, 2.24) is 10.2 Å². The average molecular weight is 787 g/mol. The number of halogens is 1. The molecule has 6 rings (SSSR count). The highest BCUT2D eigenvalue weighted by molar-refractivity contribution is 9.09. The van der Waals surface area contributed by atoms with E-state index in [2.05, 4.69) is 34.4 Å². The third-order valence-corrected chi connectivity index (χ3v) is 11.2. The predicted octanol–water partition coefficient (Wildman–Crippen LogP) is 5.06. The first-order valence-corrected chi connectivity index (χ1v) is 18.6. The lowest BCUT2D eigenvalue weighted by atomic mass is 9.70. The SMILES string of the molecule is C=CCCC(=O)NC[C@H](OC(=O)[C@@H]1[C@H]2O[C@@]3(CC2Br)[C@H](C(=O)N(CC=C)c2ccc(OC)cc2)N([C@H](CO)c2ccccc2)C(=O)[C@@H]13)c1ccccc1. The summed E-state index contributed by atoms with van der Waals surface area (Å²) in [6, 6.07) is 22.9. The number of aliphatic hydroxyl groups excluding tert-OH is 1. The number of ether oxygens (including phenoxy) is 3. The van der Waals surface area contributed by atoms with Crippen molar-refractivity contribution in [2.45, 2.75) is 54.0 Å². The minimum atomic E-state index is -1.44. The highest BCUT2D eigenvalue weighted by atomic mass is 79.9. The number of esters is 1. The fraction of sp³-hybridized carbons (Fsp3) is 0.366. The van der Waals surface area contributed by atoms with Gasteiger partial charge in [0, 0.05) is 23.5 Å². The number of aliphatic hydroxyl groups is 1. The van der Waals surface area contributed by atoms with Gasteiger partial charge < -0.3 is 34.4 Å². The number of fused-ring (bicyclic) bond motifs is 1. The molecular formula is C41H44BrN3O8. The number of hydrogen-bond acceptors (Lipinski definition) is 8. The second-order valence-corrected chi connectivity index (χ2v) is 14.6. The Balaban J connectivity index is 1.39. The van der Waals surface area contributed by atoms with E-state index in [-0.39, 0.29) is 31.8 Å². The van der Waals surface area contributed by atoms with Gasteiger partial charge in [0.1, 0.15) is 23.5 Å². The van der Waals surface area contributed by atoms with Gasteiger partial charge in [-0.05, 0) is 48.2 Å². The van der Waals surface area contributed by atoms with Crippen molar-refractivity contribution in [2.75, 3.05) is 31.7 Å². The number of carbonyl (C=O) groups is 4. The maximum atomic E-state index is 15.1. The van der Waals surface area contributed by atoms with Gasteiger partial charge in [-0.3, -0.25) is 19.2 Å². The highest BCUT2D eigenvalue weighted by Crippen LogP contribution is 2.61. The smallest absolute Gasteiger partial charge is 0.313 e. The van der Waals surface area contributed by atoms with E-state index in [4.69, 9.17) is 14.2 Å². The van der Waals surface area contributed by atoms with Gasteiger partial charge in [0.25, 0.3) is 5.91 Å². The van der Waals surface area contributed by atoms with Crippen molar-refractivity contribution in [1.29, 1.82) is 0 Å². The van der Waals surface area contributed by atoms with Crippen LogP contribution in [0.2, 0.25) is 0 Å². The maximum Gasteiger partial charge on any atom is 0.313 e. The van der Waals surface area contributed by atoms with Crippen LogP contribution in [0.5, 0.6) is 5.75 Å². The average Bonchev–Trinajstić information content (AvgIpc) is 3.78. The predicted molar refractivity (Wildman–Crippen MR) is 202 cm³/mol. The third-order valence-electron chi connectivity index (χ3n) is 10.4. The van der Waals surface area contributed by atoms with E-state index in [0.29, 0.717) is 29.0 Å². The fourth-order valence-corrected chi connectivity index (χ4v) is 8.93. The second-order valence-electron chi connectivity index (χ2n) is 13.4. The number of likely N-dealkylation sites (tertiary alicyclic amines) is 1. The van der Waals surface area contributed by atoms with Crippen LogP contribution in [-0.4, -0.2) is 83.1 Å². The lowest BCUT2D eigenvalue weighted by Gasteiger charge is -2.39. The summed E-state index contributed by atoms with van der Waals surface area (Å²) in [5, 5.41) is 13.8. The number of rotatable bonds is 16. The van der Waals surface area contributed by atoms with Crippen LogP contribution < -0.4 is 15.0 Å². The Hall–Kier alpha value is -4.78. The topological polar surface area (TPSA) is 135 Å². The first kappa shape index (κ1) is 38.0. The van der Waals surface area contributed by atoms with Gasteiger partial charge in [0.15, 0.2) is 0 Å². The Morgan fingerprint density at radius 2 is 1.70 bits per heavy atom. The molecule has 0 aromatic heterocycles. The summed E-state index contributed by atoms with van der Waals surface area (Å²) in [6.45, 7) is 7.20. The first-order valence-electron chi connectivity index (χ1n) is 17.7. The summed E-state index contributed by atoms with van der Waals surface area (Å²) < 4.78 is 18.3. The Kier molecular flexibility index (Phi) is 11.8. The standard InChI is InChI=1S/C41H44BrN3O8/c1-4-6-17-33(47)43-24-32(27-15-11-8-12-16-27)52-40(50)34-35-38(48)45(31(25-46)26-13-9-7-10-14-26)37(41(35)23-30(42)36(34)53-41)39(49)44(22-5-2)28-18-20-29(51-3)21-19-28/h4-5,7-16,18-21,30-32,34-37,46H,1-2,6,17,22-25H2,3H3,(H,43,47)/t30?,31-,32+,34+,35-,36+,37+,41-/m1/s1. The van der Waals surface area contributed by atoms with Crippen molar-refractivity contribution in [3.05, 3.63) is 121 Å². The van der Waals surface area contributed by atoms with Gasteiger partial charge in [-0.25, -0.2) is 0 Å². The number of carbonyl (C=O) groups excluding carboxylic acids is 4. The molecule has 11 nitrogen and oxygen atoms in total. The number of benzene rings is 3. The van der Waals surface area contributed by atoms with Crippen LogP contribution in [0.4, 0.5) is 5.69 Å². The number of alkyl halides is 1. The molecule has 12 heteroatoms. The summed E-state index contributed by atoms with van der Waals surface area (Å²) in [5.74, 6) is -3.42. The van der Waals surface area contributed by atoms with E-state index >= 15 is 4.79 Å². The molecule has 0 radical (unpaired) electrons. The van der Waals surface area contributed by atoms with Gasteiger partial charge in [-0.15, -0.1) is 13.2 Å². The molecular weight excluding hydrogens is 742 g/mol. The summed E-state index contributed by atoms with van der Waals surface area (Å²) >= 11 is 3.73. The van der Waals surface area contributed by atoms with E-state index in [1.54, 1.807) is 79.9 Å². The number of methoxy groups -OCH3 is 1. The number of nitrogens with one attached hydrogen (secondary N) is 1. The largest absolute Gasteiger partial charge is 0.497 e. The van der Waals surface area contributed by atoms with E-state index in [9.17, 15) is 19.5 Å². The minimum Gasteiger partial charge on any atom is -0.497 e. The van der Waals surface area contributed by atoms with Crippen LogP contribution in [0, 0.1) is 11.8 Å². The molecule has 278 valence electrons. The van der Waals surface area contributed by atoms with Crippen LogP contribution in [0.15, 0.2) is 110 Å². The molecule has 3 aromatic rings. The molecule has 3 amide bonds. The van der Waals surface area contributed by atoms with Crippen molar-refractivity contribution in [2.24, 2.45) is 11.8 Å². The molecule has 3 saturated heterocycles. The van der Waals surface area contributed by atoms with Crippen molar-refractivity contribution in [3.63, 3.8) is 0 Å². The Morgan fingerprint density at radius 3 is 2.30 bits per heavy atom. The zero-order valence-corrected chi connectivity index (χ0v) is 31.1. The zero-order valence-electron chi connectivity index (χ0n) is 29.5. The molecule has 2 N–H and O–H groups in total. The highest BCUT2D eigenvalue weighted by Gasteiger charge is 2.77. The lowest BCUT2D eigenvalue weighted by molar-refractivity contribution is -0.160. The van der Waals surface area contributed by atoms with Gasteiger partial charge in [0.2, 0.25) is 11.8 Å². The van der Waals surface area contributed by atoms with Gasteiger partial charge in [-0.1, -0.05) is 88.7 Å². The Morgan fingerprint density at radius 1 is 1.04 bits per heavy atom. The lowest BCUT2D eigenvalue weighted by Crippen LogP contribution is -2.57. The molecule has 53 heavy (non-hydrogen) atoms. The molecule has 0 aliphatic carbocycles. The van der Waals surface area contributed by atoms with Crippen LogP contribution in [-0.2, 0) is 28.7 Å². The van der Waals surface area contributed by atoms with Crippen molar-refractivity contribution in [3.8, 4) is 5.75 Å². The molecule has 8 atom stereocenters. The van der Waals surface area contributed by atoms with Crippen LogP contribution in [0.1, 0.15) is 42.5 Å². The van der Waals surface area contributed by atoms with Crippen molar-refractivity contribution < 1.29 is 38.5 Å². The van der Waals surface area contributed by atoms with Crippen molar-refractivity contribution >= 4 is 45.3 Å². The summed E-state index contributed by atoms with van der Waals surface area (Å²) in [6.07, 6.45) is 2.59. The molecule has 3 heterocycles. The van der Waals surface area contributed by atoms with Gasteiger partial charge in [-0.2, -0.15) is 0 Å². The number of anilines is 1. The van der Waals surface area contributed by atoms with Gasteiger partial charge in [0.05, 0.1) is 44.2 Å². The van der Waals surface area contributed by atoms with Gasteiger partial charge >= 0.3 is 5.97 Å². The fourth-order valence-electron chi connectivity index (χ4n) is 7.98. The van der Waals surface area contributed by atoms with Crippen LogP contribution in [0.3, 0.4) is 0 Å². The molecule has 3 aliphatic heterocycles. The molecule has 2 bridgehead atoms. The quantitative estimate of drug-likeness (QED) is 0.117. The van der Waals surface area contributed by atoms with Crippen LogP contribution >= 0.6 is 15.9 Å². The number of amides is 3.